The number of amides is 1. The van der Waals surface area contributed by atoms with Gasteiger partial charge in [0.2, 0.25) is 0 Å². The Balaban J connectivity index is 2.10. The minimum absolute atomic E-state index is 0.0942. The van der Waals surface area contributed by atoms with Crippen molar-refractivity contribution in [1.82, 2.24) is 0 Å². The van der Waals surface area contributed by atoms with Crippen LogP contribution in [0.1, 0.15) is 21.5 Å². The highest BCUT2D eigenvalue weighted by Gasteiger charge is 2.18. The van der Waals surface area contributed by atoms with Crippen LogP contribution >= 0.6 is 11.6 Å². The summed E-state index contributed by atoms with van der Waals surface area (Å²) in [6.45, 7) is 1.74. The second-order valence-corrected chi connectivity index (χ2v) is 5.50. The molecule has 25 heavy (non-hydrogen) atoms. The molecule has 0 spiro atoms. The van der Waals surface area contributed by atoms with Crippen molar-refractivity contribution in [3.05, 3.63) is 63.7 Å². The van der Waals surface area contributed by atoms with Crippen LogP contribution in [0.2, 0.25) is 5.02 Å². The van der Waals surface area contributed by atoms with Gasteiger partial charge >= 0.3 is 12.1 Å². The van der Waals surface area contributed by atoms with Gasteiger partial charge in [-0.1, -0.05) is 23.7 Å². The standard InChI is InChI=1S/C17H14ClF2NO4/c1-9-3-4-10(5-12(9)18)8-25-17(23)21-15-7-14(20)13(19)6-11(15)16(22)24-2/h3-7H,8H2,1-2H3,(H,21,23). The largest absolute Gasteiger partial charge is 0.465 e. The molecule has 2 aromatic carbocycles. The molecule has 0 bridgehead atoms. The lowest BCUT2D eigenvalue weighted by Gasteiger charge is -2.11. The summed E-state index contributed by atoms with van der Waals surface area (Å²) in [6.07, 6.45) is -0.951. The predicted molar refractivity (Wildman–Crippen MR) is 87.7 cm³/mol. The number of rotatable bonds is 4. The number of nitrogens with one attached hydrogen (secondary N) is 1. The molecule has 2 aromatic rings. The maximum atomic E-state index is 13.4. The van der Waals surface area contributed by atoms with Gasteiger partial charge in [-0.05, 0) is 30.2 Å². The third-order valence-corrected chi connectivity index (χ3v) is 3.72. The highest BCUT2D eigenvalue weighted by Crippen LogP contribution is 2.22. The minimum atomic E-state index is -1.24. The van der Waals surface area contributed by atoms with E-state index in [9.17, 15) is 18.4 Å². The molecule has 1 amide bonds. The minimum Gasteiger partial charge on any atom is -0.465 e. The van der Waals surface area contributed by atoms with Gasteiger partial charge in [-0.15, -0.1) is 0 Å². The summed E-state index contributed by atoms with van der Waals surface area (Å²) in [5.74, 6) is -3.40. The Morgan fingerprint density at radius 1 is 1.16 bits per heavy atom. The lowest BCUT2D eigenvalue weighted by Crippen LogP contribution is -2.17. The molecule has 132 valence electrons. The highest BCUT2D eigenvalue weighted by molar-refractivity contribution is 6.31. The molecule has 0 unspecified atom stereocenters. The molecule has 1 N–H and O–H groups in total. The molecule has 0 saturated heterocycles. The Hall–Kier alpha value is -2.67. The van der Waals surface area contributed by atoms with E-state index in [2.05, 4.69) is 10.1 Å². The number of esters is 1. The monoisotopic (exact) mass is 369 g/mol. The fraction of sp³-hybridized carbons (Fsp3) is 0.176. The molecule has 0 aromatic heterocycles. The van der Waals surface area contributed by atoms with E-state index >= 15 is 0 Å². The van der Waals surface area contributed by atoms with Gasteiger partial charge in [-0.2, -0.15) is 0 Å². The van der Waals surface area contributed by atoms with E-state index in [1.54, 1.807) is 18.2 Å². The molecule has 0 aliphatic heterocycles. The first-order valence-electron chi connectivity index (χ1n) is 7.08. The first-order chi connectivity index (χ1) is 11.8. The molecule has 8 heteroatoms. The van der Waals surface area contributed by atoms with Crippen LogP contribution < -0.4 is 5.32 Å². The number of hydrogen-bond donors (Lipinski definition) is 1. The van der Waals surface area contributed by atoms with Crippen LogP contribution in [-0.2, 0) is 16.1 Å². The van der Waals surface area contributed by atoms with Crippen molar-refractivity contribution in [3.63, 3.8) is 0 Å². The van der Waals surface area contributed by atoms with E-state index in [1.165, 1.54) is 0 Å². The number of benzene rings is 2. The van der Waals surface area contributed by atoms with Crippen LogP contribution in [0, 0.1) is 18.6 Å². The van der Waals surface area contributed by atoms with E-state index < -0.39 is 23.7 Å². The van der Waals surface area contributed by atoms with E-state index in [0.29, 0.717) is 22.7 Å². The Kier molecular flexibility index (Phi) is 5.93. The molecule has 0 radical (unpaired) electrons. The predicted octanol–water partition coefficient (Wildman–Crippen LogP) is 4.46. The topological polar surface area (TPSA) is 64.6 Å². The van der Waals surface area contributed by atoms with Crippen molar-refractivity contribution in [1.29, 1.82) is 0 Å². The summed E-state index contributed by atoms with van der Waals surface area (Å²) in [5.41, 5.74) is 0.915. The van der Waals surface area contributed by atoms with Gasteiger partial charge in [0.1, 0.15) is 6.61 Å². The highest BCUT2D eigenvalue weighted by atomic mass is 35.5. The van der Waals surface area contributed by atoms with E-state index in [-0.39, 0.29) is 17.9 Å². The maximum Gasteiger partial charge on any atom is 0.411 e. The Labute approximate surface area is 147 Å². The van der Waals surface area contributed by atoms with Gasteiger partial charge in [0.25, 0.3) is 0 Å². The molecule has 0 aliphatic rings. The first-order valence-corrected chi connectivity index (χ1v) is 7.45. The molecule has 0 heterocycles. The second kappa shape index (κ2) is 7.94. The van der Waals surface area contributed by atoms with E-state index in [1.807, 2.05) is 6.92 Å². The molecular weight excluding hydrogens is 356 g/mol. The summed E-state index contributed by atoms with van der Waals surface area (Å²) in [7, 11) is 1.08. The summed E-state index contributed by atoms with van der Waals surface area (Å²) in [4.78, 5) is 23.5. The third kappa shape index (κ3) is 4.67. The summed E-state index contributed by atoms with van der Waals surface area (Å²) < 4.78 is 36.1. The summed E-state index contributed by atoms with van der Waals surface area (Å²) in [6, 6.07) is 6.44. The lowest BCUT2D eigenvalue weighted by molar-refractivity contribution is 0.0601. The van der Waals surface area contributed by atoms with Crippen LogP contribution in [0.4, 0.5) is 19.3 Å². The number of halogens is 3. The van der Waals surface area contributed by atoms with Gasteiger partial charge in [0.15, 0.2) is 11.6 Å². The van der Waals surface area contributed by atoms with Gasteiger partial charge in [0, 0.05) is 11.1 Å². The number of carbonyl (C=O) groups is 2. The number of ether oxygens (including phenoxy) is 2. The van der Waals surface area contributed by atoms with Gasteiger partial charge in [-0.3, -0.25) is 5.32 Å². The van der Waals surface area contributed by atoms with Gasteiger partial charge in [-0.25, -0.2) is 18.4 Å². The third-order valence-electron chi connectivity index (χ3n) is 3.31. The maximum absolute atomic E-state index is 13.4. The molecule has 0 atom stereocenters. The van der Waals surface area contributed by atoms with E-state index in [0.717, 1.165) is 12.7 Å². The average Bonchev–Trinajstić information content (AvgIpc) is 2.58. The molecule has 5 nitrogen and oxygen atoms in total. The Morgan fingerprint density at radius 3 is 2.48 bits per heavy atom. The average molecular weight is 370 g/mol. The summed E-state index contributed by atoms with van der Waals surface area (Å²) >= 11 is 5.98. The van der Waals surface area contributed by atoms with Crippen LogP contribution in [-0.4, -0.2) is 19.2 Å². The normalized spacial score (nSPS) is 10.3. The van der Waals surface area contributed by atoms with Gasteiger partial charge < -0.3 is 9.47 Å². The van der Waals surface area contributed by atoms with Crippen molar-refractivity contribution in [2.75, 3.05) is 12.4 Å². The second-order valence-electron chi connectivity index (χ2n) is 5.09. The number of methoxy groups -OCH3 is 1. The molecule has 0 fully saturated rings. The SMILES string of the molecule is COC(=O)c1cc(F)c(F)cc1NC(=O)OCc1ccc(C)c(Cl)c1. The van der Waals surface area contributed by atoms with Crippen LogP contribution in [0.15, 0.2) is 30.3 Å². The van der Waals surface area contributed by atoms with Crippen molar-refractivity contribution < 1.29 is 27.8 Å². The van der Waals surface area contributed by atoms with E-state index in [4.69, 9.17) is 16.3 Å². The molecule has 2 rings (SSSR count). The smallest absolute Gasteiger partial charge is 0.411 e. The van der Waals surface area contributed by atoms with Crippen LogP contribution in [0.3, 0.4) is 0 Å². The number of anilines is 1. The summed E-state index contributed by atoms with van der Waals surface area (Å²) in [5, 5.41) is 2.71. The molecule has 0 saturated carbocycles. The Morgan fingerprint density at radius 2 is 1.84 bits per heavy atom. The molecule has 0 aliphatic carbocycles. The van der Waals surface area contributed by atoms with Crippen LogP contribution in [0.5, 0.6) is 0 Å². The van der Waals surface area contributed by atoms with Crippen molar-refractivity contribution >= 4 is 29.4 Å². The fourth-order valence-electron chi connectivity index (χ4n) is 1.95. The molecular formula is C17H14ClF2NO4. The zero-order valence-electron chi connectivity index (χ0n) is 13.4. The lowest BCUT2D eigenvalue weighted by atomic mass is 10.1. The van der Waals surface area contributed by atoms with Crippen molar-refractivity contribution in [3.8, 4) is 0 Å². The van der Waals surface area contributed by atoms with Crippen molar-refractivity contribution in [2.24, 2.45) is 0 Å². The zero-order chi connectivity index (χ0) is 18.6. The Bertz CT molecular complexity index is 827. The number of carbonyl (C=O) groups excluding carboxylic acids is 2. The van der Waals surface area contributed by atoms with Crippen LogP contribution in [0.25, 0.3) is 0 Å². The fourth-order valence-corrected chi connectivity index (χ4v) is 2.15. The van der Waals surface area contributed by atoms with Crippen molar-refractivity contribution in [2.45, 2.75) is 13.5 Å². The number of hydrogen-bond acceptors (Lipinski definition) is 4. The first kappa shape index (κ1) is 18.7. The quantitative estimate of drug-likeness (QED) is 0.808. The number of aryl methyl sites for hydroxylation is 1. The zero-order valence-corrected chi connectivity index (χ0v) is 14.1. The van der Waals surface area contributed by atoms with Gasteiger partial charge in [0.05, 0.1) is 18.4 Å².